The van der Waals surface area contributed by atoms with Crippen LogP contribution in [0, 0.1) is 12.7 Å². The largest absolute Gasteiger partial charge is 0.390 e. The molecule has 5 nitrogen and oxygen atoms in total. The molecule has 2 N–H and O–H groups in total. The molecule has 2 aromatic carbocycles. The van der Waals surface area contributed by atoms with Crippen LogP contribution in [0.1, 0.15) is 27.0 Å². The number of aliphatic hydroxyl groups is 1. The number of nitrogens with one attached hydrogen (secondary N) is 1. The van der Waals surface area contributed by atoms with Gasteiger partial charge in [0.1, 0.15) is 5.82 Å². The SMILES string of the molecule is Cc1ccc(Cc2ccccc2C(=O)NC2CS(=O)(=O)CC2O)cc1F. The summed E-state index contributed by atoms with van der Waals surface area (Å²) in [6.45, 7) is 1.68. The fourth-order valence-corrected chi connectivity index (χ4v) is 4.82. The molecule has 2 aromatic rings. The molecule has 1 saturated heterocycles. The van der Waals surface area contributed by atoms with Crippen molar-refractivity contribution in [3.63, 3.8) is 0 Å². The predicted molar refractivity (Wildman–Crippen MR) is 96.3 cm³/mol. The lowest BCUT2D eigenvalue weighted by Crippen LogP contribution is -2.42. The van der Waals surface area contributed by atoms with Crippen LogP contribution in [-0.4, -0.2) is 43.1 Å². The van der Waals surface area contributed by atoms with E-state index in [2.05, 4.69) is 5.32 Å². The highest BCUT2D eigenvalue weighted by Gasteiger charge is 2.37. The Labute approximate surface area is 151 Å². The quantitative estimate of drug-likeness (QED) is 0.848. The summed E-state index contributed by atoms with van der Waals surface area (Å²) in [5, 5.41) is 12.5. The fraction of sp³-hybridized carbons (Fsp3) is 0.316. The molecule has 0 aliphatic carbocycles. The third kappa shape index (κ3) is 4.11. The summed E-state index contributed by atoms with van der Waals surface area (Å²) < 4.78 is 36.9. The number of carbonyl (C=O) groups is 1. The molecule has 1 amide bonds. The lowest BCUT2D eigenvalue weighted by atomic mass is 9.98. The topological polar surface area (TPSA) is 83.5 Å². The number of amides is 1. The summed E-state index contributed by atoms with van der Waals surface area (Å²) in [4.78, 5) is 12.6. The lowest BCUT2D eigenvalue weighted by molar-refractivity contribution is 0.0888. The highest BCUT2D eigenvalue weighted by Crippen LogP contribution is 2.18. The average molecular weight is 377 g/mol. The van der Waals surface area contributed by atoms with E-state index in [0.717, 1.165) is 5.56 Å². The van der Waals surface area contributed by atoms with E-state index in [4.69, 9.17) is 0 Å². The molecule has 0 aromatic heterocycles. The maximum Gasteiger partial charge on any atom is 0.251 e. The van der Waals surface area contributed by atoms with Crippen molar-refractivity contribution in [3.8, 4) is 0 Å². The number of hydrogen-bond acceptors (Lipinski definition) is 4. The maximum atomic E-state index is 13.8. The van der Waals surface area contributed by atoms with Crippen LogP contribution in [0.15, 0.2) is 42.5 Å². The summed E-state index contributed by atoms with van der Waals surface area (Å²) in [7, 11) is -3.35. The Morgan fingerprint density at radius 2 is 1.96 bits per heavy atom. The van der Waals surface area contributed by atoms with E-state index in [0.29, 0.717) is 23.1 Å². The number of aliphatic hydroxyl groups excluding tert-OH is 1. The number of carbonyl (C=O) groups excluding carboxylic acids is 1. The summed E-state index contributed by atoms with van der Waals surface area (Å²) in [6.07, 6.45) is -0.742. The molecule has 0 radical (unpaired) electrons. The number of hydrogen-bond donors (Lipinski definition) is 2. The zero-order valence-electron chi connectivity index (χ0n) is 14.3. The summed E-state index contributed by atoms with van der Waals surface area (Å²) in [5.74, 6) is -1.37. The van der Waals surface area contributed by atoms with Gasteiger partial charge in [-0.25, -0.2) is 12.8 Å². The number of sulfone groups is 1. The van der Waals surface area contributed by atoms with E-state index < -0.39 is 27.9 Å². The molecule has 7 heteroatoms. The number of benzene rings is 2. The molecule has 26 heavy (non-hydrogen) atoms. The molecular weight excluding hydrogens is 357 g/mol. The van der Waals surface area contributed by atoms with Gasteiger partial charge in [-0.15, -0.1) is 0 Å². The van der Waals surface area contributed by atoms with Gasteiger partial charge in [0.05, 0.1) is 23.7 Å². The molecular formula is C19H20FNO4S. The molecule has 1 heterocycles. The first-order valence-electron chi connectivity index (χ1n) is 8.27. The monoisotopic (exact) mass is 377 g/mol. The summed E-state index contributed by atoms with van der Waals surface area (Å²) >= 11 is 0. The Morgan fingerprint density at radius 1 is 1.23 bits per heavy atom. The van der Waals surface area contributed by atoms with Crippen molar-refractivity contribution in [1.82, 2.24) is 5.32 Å². The first-order chi connectivity index (χ1) is 12.2. The smallest absolute Gasteiger partial charge is 0.251 e. The first kappa shape index (κ1) is 18.5. The normalized spacial score (nSPS) is 21.5. The zero-order valence-corrected chi connectivity index (χ0v) is 15.1. The van der Waals surface area contributed by atoms with Gasteiger partial charge in [0.15, 0.2) is 9.84 Å². The molecule has 2 atom stereocenters. The minimum absolute atomic E-state index is 0.273. The van der Waals surface area contributed by atoms with E-state index in [1.165, 1.54) is 6.07 Å². The van der Waals surface area contributed by atoms with Gasteiger partial charge in [-0.3, -0.25) is 4.79 Å². The van der Waals surface area contributed by atoms with Gasteiger partial charge in [-0.1, -0.05) is 30.3 Å². The third-order valence-electron chi connectivity index (χ3n) is 4.53. The van der Waals surface area contributed by atoms with Gasteiger partial charge >= 0.3 is 0 Å². The van der Waals surface area contributed by atoms with Crippen LogP contribution in [0.5, 0.6) is 0 Å². The van der Waals surface area contributed by atoms with Crippen molar-refractivity contribution >= 4 is 15.7 Å². The molecule has 138 valence electrons. The van der Waals surface area contributed by atoms with Crippen LogP contribution in [0.25, 0.3) is 0 Å². The van der Waals surface area contributed by atoms with Gasteiger partial charge in [0.25, 0.3) is 5.91 Å². The Balaban J connectivity index is 1.80. The van der Waals surface area contributed by atoms with Gasteiger partial charge in [0.2, 0.25) is 0 Å². The van der Waals surface area contributed by atoms with Crippen molar-refractivity contribution in [1.29, 1.82) is 0 Å². The van der Waals surface area contributed by atoms with E-state index in [9.17, 15) is 22.7 Å². The molecule has 1 aliphatic heterocycles. The highest BCUT2D eigenvalue weighted by molar-refractivity contribution is 7.91. The lowest BCUT2D eigenvalue weighted by Gasteiger charge is -2.16. The minimum Gasteiger partial charge on any atom is -0.390 e. The second-order valence-corrected chi connectivity index (χ2v) is 8.80. The Morgan fingerprint density at radius 3 is 2.62 bits per heavy atom. The van der Waals surface area contributed by atoms with Crippen LogP contribution >= 0.6 is 0 Å². The predicted octanol–water partition coefficient (Wildman–Crippen LogP) is 1.61. The molecule has 2 unspecified atom stereocenters. The molecule has 1 fully saturated rings. The van der Waals surface area contributed by atoms with Crippen LogP contribution in [0.3, 0.4) is 0 Å². The third-order valence-corrected chi connectivity index (χ3v) is 6.25. The second kappa shape index (κ2) is 7.17. The number of rotatable bonds is 4. The molecule has 0 spiro atoms. The van der Waals surface area contributed by atoms with Gasteiger partial charge < -0.3 is 10.4 Å². The fourth-order valence-electron chi connectivity index (χ4n) is 3.08. The Hall–Kier alpha value is -2.25. The van der Waals surface area contributed by atoms with E-state index in [1.54, 1.807) is 43.3 Å². The number of aryl methyl sites for hydroxylation is 1. The summed E-state index contributed by atoms with van der Waals surface area (Å²) in [5.41, 5.74) is 2.36. The highest BCUT2D eigenvalue weighted by atomic mass is 32.2. The number of halogens is 1. The first-order valence-corrected chi connectivity index (χ1v) is 10.1. The molecule has 0 saturated carbocycles. The van der Waals surface area contributed by atoms with Crippen LogP contribution in [-0.2, 0) is 16.3 Å². The Kier molecular flexibility index (Phi) is 5.11. The van der Waals surface area contributed by atoms with Crippen molar-refractivity contribution < 1.29 is 22.7 Å². The van der Waals surface area contributed by atoms with E-state index in [-0.39, 0.29) is 17.3 Å². The second-order valence-electron chi connectivity index (χ2n) is 6.64. The van der Waals surface area contributed by atoms with Gasteiger partial charge in [-0.05, 0) is 42.2 Å². The molecule has 1 aliphatic rings. The van der Waals surface area contributed by atoms with Crippen LogP contribution < -0.4 is 5.32 Å². The van der Waals surface area contributed by atoms with Crippen molar-refractivity contribution in [3.05, 3.63) is 70.5 Å². The van der Waals surface area contributed by atoms with Crippen LogP contribution in [0.4, 0.5) is 4.39 Å². The van der Waals surface area contributed by atoms with E-state index >= 15 is 0 Å². The Bertz CT molecular complexity index is 942. The minimum atomic E-state index is -3.35. The standard InChI is InChI=1S/C19H20FNO4S/c1-12-6-7-13(9-16(12)20)8-14-4-2-3-5-15(14)19(23)21-17-10-26(24,25)11-18(17)22/h2-7,9,17-18,22H,8,10-11H2,1H3,(H,21,23). The van der Waals surface area contributed by atoms with Gasteiger partial charge in [-0.2, -0.15) is 0 Å². The zero-order chi connectivity index (χ0) is 18.9. The van der Waals surface area contributed by atoms with Crippen molar-refractivity contribution in [2.75, 3.05) is 11.5 Å². The van der Waals surface area contributed by atoms with Crippen molar-refractivity contribution in [2.45, 2.75) is 25.5 Å². The van der Waals surface area contributed by atoms with Crippen LogP contribution in [0.2, 0.25) is 0 Å². The van der Waals surface area contributed by atoms with Gasteiger partial charge in [0, 0.05) is 5.56 Å². The van der Waals surface area contributed by atoms with Crippen molar-refractivity contribution in [2.24, 2.45) is 0 Å². The van der Waals surface area contributed by atoms with E-state index in [1.807, 2.05) is 0 Å². The maximum absolute atomic E-state index is 13.8. The average Bonchev–Trinajstić information content (AvgIpc) is 2.83. The molecule has 3 rings (SSSR count). The summed E-state index contributed by atoms with van der Waals surface area (Å²) in [6, 6.07) is 11.0. The molecule has 0 bridgehead atoms.